The number of nitrogens with one attached hydrogen (secondary N) is 1. The zero-order valence-electron chi connectivity index (χ0n) is 12.1. The van der Waals surface area contributed by atoms with Crippen molar-refractivity contribution in [2.75, 3.05) is 6.54 Å². The van der Waals surface area contributed by atoms with Crippen LogP contribution in [0.2, 0.25) is 0 Å². The lowest BCUT2D eigenvalue weighted by molar-refractivity contribution is 0.408. The molecule has 0 radical (unpaired) electrons. The first-order chi connectivity index (χ1) is 9.48. The molecule has 2 heterocycles. The van der Waals surface area contributed by atoms with E-state index in [1.54, 1.807) is 15.6 Å². The highest BCUT2D eigenvalue weighted by atomic mass is 32.2. The van der Waals surface area contributed by atoms with Gasteiger partial charge in [0.1, 0.15) is 0 Å². The third kappa shape index (κ3) is 2.79. The normalized spacial score (nSPS) is 24.4. The molecule has 0 amide bonds. The molecule has 112 valence electrons. The number of rotatable bonds is 5. The van der Waals surface area contributed by atoms with Crippen molar-refractivity contribution in [1.29, 1.82) is 0 Å². The summed E-state index contributed by atoms with van der Waals surface area (Å²) >= 11 is 1.60. The molecule has 20 heavy (non-hydrogen) atoms. The monoisotopic (exact) mass is 314 g/mol. The highest BCUT2D eigenvalue weighted by Gasteiger charge is 2.34. The smallest absolute Gasteiger partial charge is 0.244 e. The van der Waals surface area contributed by atoms with Crippen LogP contribution in [0.15, 0.2) is 11.0 Å². The Morgan fingerprint density at radius 2 is 2.15 bits per heavy atom. The summed E-state index contributed by atoms with van der Waals surface area (Å²) in [6, 6.07) is 2.65. The Hall–Kier alpha value is -0.430. The van der Waals surface area contributed by atoms with E-state index < -0.39 is 10.0 Å². The second-order valence-electron chi connectivity index (χ2n) is 5.90. The quantitative estimate of drug-likeness (QED) is 0.908. The van der Waals surface area contributed by atoms with Gasteiger partial charge in [0.15, 0.2) is 0 Å². The first-order valence-corrected chi connectivity index (χ1v) is 9.58. The van der Waals surface area contributed by atoms with Crippen LogP contribution in [0.1, 0.15) is 42.4 Å². The van der Waals surface area contributed by atoms with Crippen molar-refractivity contribution in [2.45, 2.75) is 63.1 Å². The van der Waals surface area contributed by atoms with E-state index in [-0.39, 0.29) is 6.04 Å². The van der Waals surface area contributed by atoms with E-state index in [1.807, 2.05) is 19.9 Å². The maximum absolute atomic E-state index is 12.7. The first-order valence-electron chi connectivity index (χ1n) is 7.33. The van der Waals surface area contributed by atoms with E-state index in [4.69, 9.17) is 0 Å². The molecule has 0 spiro atoms. The second kappa shape index (κ2) is 5.40. The first kappa shape index (κ1) is 14.5. The molecule has 1 atom stereocenters. The van der Waals surface area contributed by atoms with Crippen LogP contribution in [0.4, 0.5) is 0 Å². The predicted octanol–water partition coefficient (Wildman–Crippen LogP) is 2.48. The Morgan fingerprint density at radius 3 is 2.75 bits per heavy atom. The van der Waals surface area contributed by atoms with Gasteiger partial charge in [-0.2, -0.15) is 4.31 Å². The Morgan fingerprint density at radius 1 is 1.40 bits per heavy atom. The average molecular weight is 314 g/mol. The van der Waals surface area contributed by atoms with Crippen molar-refractivity contribution in [3.05, 3.63) is 15.8 Å². The van der Waals surface area contributed by atoms with Crippen molar-refractivity contribution in [3.8, 4) is 0 Å². The molecule has 3 rings (SSSR count). The molecule has 0 aromatic carbocycles. The summed E-state index contributed by atoms with van der Waals surface area (Å²) in [4.78, 5) is 2.56. The van der Waals surface area contributed by atoms with Gasteiger partial charge in [-0.1, -0.05) is 0 Å². The van der Waals surface area contributed by atoms with Crippen LogP contribution in [0.3, 0.4) is 0 Å². The summed E-state index contributed by atoms with van der Waals surface area (Å²) in [5, 5.41) is 3.45. The minimum absolute atomic E-state index is 0.132. The number of hydrogen-bond acceptors (Lipinski definition) is 4. The molecule has 1 aliphatic carbocycles. The maximum atomic E-state index is 12.7. The molecule has 1 saturated carbocycles. The van der Waals surface area contributed by atoms with Gasteiger partial charge in [-0.3, -0.25) is 0 Å². The highest BCUT2D eigenvalue weighted by molar-refractivity contribution is 7.89. The molecule has 1 saturated heterocycles. The minimum atomic E-state index is -3.30. The Bertz CT molecular complexity index is 590. The van der Waals surface area contributed by atoms with Crippen molar-refractivity contribution < 1.29 is 8.42 Å². The number of thiophene rings is 1. The zero-order valence-corrected chi connectivity index (χ0v) is 13.7. The molecule has 1 aromatic heterocycles. The van der Waals surface area contributed by atoms with Gasteiger partial charge in [0.25, 0.3) is 0 Å². The van der Waals surface area contributed by atoms with Crippen LogP contribution < -0.4 is 5.32 Å². The van der Waals surface area contributed by atoms with Crippen molar-refractivity contribution in [1.82, 2.24) is 9.62 Å². The van der Waals surface area contributed by atoms with Crippen LogP contribution in [0.25, 0.3) is 0 Å². The third-order valence-electron chi connectivity index (χ3n) is 4.14. The fourth-order valence-corrected chi connectivity index (χ4v) is 6.05. The van der Waals surface area contributed by atoms with E-state index in [9.17, 15) is 8.42 Å². The molecule has 6 heteroatoms. The number of sulfonamides is 1. The largest absolute Gasteiger partial charge is 0.309 e. The summed E-state index contributed by atoms with van der Waals surface area (Å²) in [7, 11) is -3.30. The summed E-state index contributed by atoms with van der Waals surface area (Å²) < 4.78 is 27.2. The highest BCUT2D eigenvalue weighted by Crippen LogP contribution is 2.32. The lowest BCUT2D eigenvalue weighted by Crippen LogP contribution is -2.33. The molecule has 1 N–H and O–H groups in total. The number of aryl methyl sites for hydroxylation is 1. The molecule has 2 aliphatic rings. The van der Waals surface area contributed by atoms with Crippen LogP contribution in [-0.4, -0.2) is 31.4 Å². The van der Waals surface area contributed by atoms with Crippen LogP contribution >= 0.6 is 11.3 Å². The molecule has 2 fully saturated rings. The van der Waals surface area contributed by atoms with E-state index >= 15 is 0 Å². The van der Waals surface area contributed by atoms with Gasteiger partial charge in [0.2, 0.25) is 10.0 Å². The molecule has 1 aliphatic heterocycles. The van der Waals surface area contributed by atoms with Gasteiger partial charge < -0.3 is 5.32 Å². The van der Waals surface area contributed by atoms with Crippen molar-refractivity contribution >= 4 is 21.4 Å². The Kier molecular flexibility index (Phi) is 3.92. The van der Waals surface area contributed by atoms with Gasteiger partial charge in [0.05, 0.1) is 4.90 Å². The minimum Gasteiger partial charge on any atom is -0.309 e. The van der Waals surface area contributed by atoms with Crippen LogP contribution in [0, 0.1) is 6.92 Å². The van der Waals surface area contributed by atoms with Gasteiger partial charge >= 0.3 is 0 Å². The zero-order chi connectivity index (χ0) is 14.3. The van der Waals surface area contributed by atoms with E-state index in [2.05, 4.69) is 5.32 Å². The standard InChI is InChI=1S/C14H22N2O2S2/c1-10-4-3-7-16(10)20(17,18)14-8-13(19-11(14)2)9-15-12-5-6-12/h8,10,12,15H,3-7,9H2,1-2H3. The summed E-state index contributed by atoms with van der Waals surface area (Å²) in [5.41, 5.74) is 0. The lowest BCUT2D eigenvalue weighted by Gasteiger charge is -2.20. The topological polar surface area (TPSA) is 49.4 Å². The van der Waals surface area contributed by atoms with E-state index in [0.29, 0.717) is 17.5 Å². The number of nitrogens with zero attached hydrogens (tertiary/aromatic N) is 1. The molecular weight excluding hydrogens is 292 g/mol. The van der Waals surface area contributed by atoms with Gasteiger partial charge in [-0.05, 0) is 45.6 Å². The Balaban J connectivity index is 1.81. The average Bonchev–Trinajstić information content (AvgIpc) is 2.99. The van der Waals surface area contributed by atoms with Crippen LogP contribution in [0.5, 0.6) is 0 Å². The maximum Gasteiger partial charge on any atom is 0.244 e. The predicted molar refractivity (Wildman–Crippen MR) is 81.5 cm³/mol. The van der Waals surface area contributed by atoms with Crippen LogP contribution in [-0.2, 0) is 16.6 Å². The molecule has 4 nitrogen and oxygen atoms in total. The van der Waals surface area contributed by atoms with E-state index in [1.165, 1.54) is 12.8 Å². The molecule has 1 unspecified atom stereocenters. The van der Waals surface area contributed by atoms with Gasteiger partial charge in [-0.25, -0.2) is 8.42 Å². The SMILES string of the molecule is Cc1sc(CNC2CC2)cc1S(=O)(=O)N1CCCC1C. The fourth-order valence-electron chi connectivity index (χ4n) is 2.79. The lowest BCUT2D eigenvalue weighted by atomic mass is 10.3. The van der Waals surface area contributed by atoms with Gasteiger partial charge in [-0.15, -0.1) is 11.3 Å². The molecule has 0 bridgehead atoms. The summed E-state index contributed by atoms with van der Waals surface area (Å²) in [6.45, 7) is 5.37. The third-order valence-corrected chi connectivity index (χ3v) is 7.46. The van der Waals surface area contributed by atoms with E-state index in [0.717, 1.165) is 29.1 Å². The molecule has 1 aromatic rings. The molecular formula is C14H22N2O2S2. The van der Waals surface area contributed by atoms with Gasteiger partial charge in [0, 0.05) is 34.9 Å². The summed E-state index contributed by atoms with van der Waals surface area (Å²) in [6.07, 6.45) is 4.44. The van der Waals surface area contributed by atoms with Crippen molar-refractivity contribution in [3.63, 3.8) is 0 Å². The second-order valence-corrected chi connectivity index (χ2v) is 9.10. The summed E-state index contributed by atoms with van der Waals surface area (Å²) in [5.74, 6) is 0. The number of hydrogen-bond donors (Lipinski definition) is 1. The van der Waals surface area contributed by atoms with Crippen molar-refractivity contribution in [2.24, 2.45) is 0 Å². The fraction of sp³-hybridized carbons (Fsp3) is 0.714. The Labute approximate surface area is 125 Å².